The van der Waals surface area contributed by atoms with Crippen LogP contribution in [0.1, 0.15) is 22.7 Å². The van der Waals surface area contributed by atoms with Crippen molar-refractivity contribution in [2.45, 2.75) is 13.0 Å². The Morgan fingerprint density at radius 1 is 1.05 bits per heavy atom. The smallest absolute Gasteiger partial charge is 0.129 e. The molecule has 0 amide bonds. The summed E-state index contributed by atoms with van der Waals surface area (Å²) in [6.07, 6.45) is 0. The van der Waals surface area contributed by atoms with Crippen LogP contribution in [0, 0.1) is 18.6 Å². The van der Waals surface area contributed by atoms with Crippen LogP contribution in [0.4, 0.5) is 8.78 Å². The van der Waals surface area contributed by atoms with Crippen LogP contribution >= 0.6 is 15.9 Å². The normalized spacial score (nSPS) is 12.5. The summed E-state index contributed by atoms with van der Waals surface area (Å²) < 4.78 is 27.9. The van der Waals surface area contributed by atoms with Gasteiger partial charge in [0.25, 0.3) is 0 Å². The molecule has 0 fully saturated rings. The highest BCUT2D eigenvalue weighted by Crippen LogP contribution is 2.28. The number of benzene rings is 2. The fourth-order valence-electron chi connectivity index (χ4n) is 2.18. The lowest BCUT2D eigenvalue weighted by atomic mass is 9.94. The van der Waals surface area contributed by atoms with Gasteiger partial charge >= 0.3 is 0 Å². The molecule has 4 heteroatoms. The Labute approximate surface area is 119 Å². The third-order valence-corrected chi connectivity index (χ3v) is 3.60. The fourth-order valence-corrected chi connectivity index (χ4v) is 2.51. The largest absolute Gasteiger partial charge is 0.309 e. The molecule has 2 aromatic rings. The summed E-state index contributed by atoms with van der Waals surface area (Å²) in [6, 6.07) is 9.19. The monoisotopic (exact) mass is 325 g/mol. The molecule has 0 aromatic heterocycles. The Bertz CT molecular complexity index is 547. The minimum atomic E-state index is -0.298. The number of hydrogen-bond acceptors (Lipinski definition) is 1. The molecule has 1 atom stereocenters. The van der Waals surface area contributed by atoms with Crippen LogP contribution in [-0.4, -0.2) is 7.05 Å². The van der Waals surface area contributed by atoms with Crippen molar-refractivity contribution < 1.29 is 8.78 Å². The van der Waals surface area contributed by atoms with E-state index in [4.69, 9.17) is 0 Å². The van der Waals surface area contributed by atoms with Gasteiger partial charge in [-0.1, -0.05) is 28.1 Å². The maximum atomic E-state index is 14.0. The molecule has 0 aliphatic heterocycles. The summed E-state index contributed by atoms with van der Waals surface area (Å²) in [7, 11) is 1.76. The van der Waals surface area contributed by atoms with Crippen molar-refractivity contribution in [1.29, 1.82) is 0 Å². The summed E-state index contributed by atoms with van der Waals surface area (Å²) in [5, 5.41) is 3.08. The zero-order valence-corrected chi connectivity index (χ0v) is 12.3. The molecule has 1 nitrogen and oxygen atoms in total. The minimum Gasteiger partial charge on any atom is -0.309 e. The molecule has 1 unspecified atom stereocenters. The van der Waals surface area contributed by atoms with E-state index in [1.165, 1.54) is 18.2 Å². The van der Waals surface area contributed by atoms with Gasteiger partial charge in [-0.05, 0) is 49.4 Å². The number of nitrogens with one attached hydrogen (secondary N) is 1. The second-order valence-electron chi connectivity index (χ2n) is 4.39. The molecular weight excluding hydrogens is 312 g/mol. The van der Waals surface area contributed by atoms with Crippen LogP contribution in [0.5, 0.6) is 0 Å². The van der Waals surface area contributed by atoms with Crippen LogP contribution in [-0.2, 0) is 0 Å². The molecule has 0 saturated carbocycles. The van der Waals surface area contributed by atoms with E-state index in [9.17, 15) is 8.78 Å². The van der Waals surface area contributed by atoms with Crippen LogP contribution in [0.15, 0.2) is 40.9 Å². The number of hydrogen-bond donors (Lipinski definition) is 1. The summed E-state index contributed by atoms with van der Waals surface area (Å²) in [5.41, 5.74) is 2.20. The molecule has 0 bridgehead atoms. The quantitative estimate of drug-likeness (QED) is 0.884. The first-order valence-corrected chi connectivity index (χ1v) is 6.70. The van der Waals surface area contributed by atoms with Gasteiger partial charge in [0, 0.05) is 10.0 Å². The van der Waals surface area contributed by atoms with E-state index in [-0.39, 0.29) is 17.7 Å². The summed E-state index contributed by atoms with van der Waals surface area (Å²) in [4.78, 5) is 0. The van der Waals surface area contributed by atoms with Crippen LogP contribution in [0.25, 0.3) is 0 Å². The predicted molar refractivity (Wildman–Crippen MR) is 76.1 cm³/mol. The molecule has 1 N–H and O–H groups in total. The van der Waals surface area contributed by atoms with E-state index in [2.05, 4.69) is 21.2 Å². The van der Waals surface area contributed by atoms with Crippen LogP contribution < -0.4 is 5.32 Å². The summed E-state index contributed by atoms with van der Waals surface area (Å²) >= 11 is 3.24. The van der Waals surface area contributed by atoms with Crippen LogP contribution in [0.3, 0.4) is 0 Å². The molecule has 2 aromatic carbocycles. The van der Waals surface area contributed by atoms with Gasteiger partial charge in [0.2, 0.25) is 0 Å². The third-order valence-electron chi connectivity index (χ3n) is 3.11. The maximum Gasteiger partial charge on any atom is 0.129 e. The first-order chi connectivity index (χ1) is 9.02. The average molecular weight is 326 g/mol. The summed E-state index contributed by atoms with van der Waals surface area (Å²) in [6.45, 7) is 1.82. The molecule has 0 heterocycles. The fraction of sp³-hybridized carbons (Fsp3) is 0.200. The van der Waals surface area contributed by atoms with E-state index in [1.807, 2.05) is 6.92 Å². The average Bonchev–Trinajstić information content (AvgIpc) is 2.34. The van der Waals surface area contributed by atoms with E-state index in [1.54, 1.807) is 25.2 Å². The highest BCUT2D eigenvalue weighted by atomic mass is 79.9. The van der Waals surface area contributed by atoms with E-state index in [0.717, 1.165) is 11.1 Å². The lowest BCUT2D eigenvalue weighted by molar-refractivity contribution is 0.572. The van der Waals surface area contributed by atoms with Crippen molar-refractivity contribution in [3.8, 4) is 0 Å². The summed E-state index contributed by atoms with van der Waals surface area (Å²) in [5.74, 6) is -0.579. The Balaban J connectivity index is 2.50. The van der Waals surface area contributed by atoms with Crippen molar-refractivity contribution in [3.63, 3.8) is 0 Å². The molecule has 0 radical (unpaired) electrons. The predicted octanol–water partition coefficient (Wildman–Crippen LogP) is 4.34. The van der Waals surface area contributed by atoms with Gasteiger partial charge in [-0.15, -0.1) is 0 Å². The minimum absolute atomic E-state index is 0.285. The molecule has 2 rings (SSSR count). The van der Waals surface area contributed by atoms with Crippen molar-refractivity contribution in [3.05, 3.63) is 69.2 Å². The topological polar surface area (TPSA) is 12.0 Å². The molecule has 100 valence electrons. The van der Waals surface area contributed by atoms with Crippen LogP contribution in [0.2, 0.25) is 0 Å². The lowest BCUT2D eigenvalue weighted by Gasteiger charge is -2.20. The molecule has 0 aliphatic carbocycles. The van der Waals surface area contributed by atoms with E-state index in [0.29, 0.717) is 10.0 Å². The zero-order valence-electron chi connectivity index (χ0n) is 10.7. The van der Waals surface area contributed by atoms with Gasteiger partial charge < -0.3 is 5.32 Å². The Morgan fingerprint density at radius 2 is 1.74 bits per heavy atom. The van der Waals surface area contributed by atoms with Crippen molar-refractivity contribution >= 4 is 15.9 Å². The Hall–Kier alpha value is -1.26. The van der Waals surface area contributed by atoms with Crippen molar-refractivity contribution in [2.75, 3.05) is 7.05 Å². The Morgan fingerprint density at radius 3 is 2.32 bits per heavy atom. The van der Waals surface area contributed by atoms with E-state index < -0.39 is 0 Å². The van der Waals surface area contributed by atoms with Gasteiger partial charge in [0.1, 0.15) is 11.6 Å². The molecular formula is C15H14BrF2N. The Kier molecular flexibility index (Phi) is 4.32. The highest BCUT2D eigenvalue weighted by Gasteiger charge is 2.18. The molecule has 0 spiro atoms. The molecule has 0 aliphatic rings. The highest BCUT2D eigenvalue weighted by molar-refractivity contribution is 9.10. The lowest BCUT2D eigenvalue weighted by Crippen LogP contribution is -2.20. The molecule has 19 heavy (non-hydrogen) atoms. The molecule has 0 saturated heterocycles. The maximum absolute atomic E-state index is 14.0. The van der Waals surface area contributed by atoms with E-state index >= 15 is 0 Å². The van der Waals surface area contributed by atoms with Gasteiger partial charge in [-0.2, -0.15) is 0 Å². The van der Waals surface area contributed by atoms with Gasteiger partial charge in [0.15, 0.2) is 0 Å². The second kappa shape index (κ2) is 5.80. The van der Waals surface area contributed by atoms with Gasteiger partial charge in [0.05, 0.1) is 6.04 Å². The van der Waals surface area contributed by atoms with Gasteiger partial charge in [-0.25, -0.2) is 8.78 Å². The number of halogens is 3. The second-order valence-corrected chi connectivity index (χ2v) is 5.30. The first kappa shape index (κ1) is 14.2. The number of aryl methyl sites for hydroxylation is 1. The third kappa shape index (κ3) is 3.01. The van der Waals surface area contributed by atoms with Gasteiger partial charge in [-0.3, -0.25) is 0 Å². The number of rotatable bonds is 3. The first-order valence-electron chi connectivity index (χ1n) is 5.91. The van der Waals surface area contributed by atoms with Crippen molar-refractivity contribution in [1.82, 2.24) is 5.32 Å². The SMILES string of the molecule is CNC(c1ccc(F)cc1C)c1ccc(Br)cc1F. The van der Waals surface area contributed by atoms with Crippen molar-refractivity contribution in [2.24, 2.45) is 0 Å². The zero-order chi connectivity index (χ0) is 14.0. The standard InChI is InChI=1S/C15H14BrF2N/c1-9-7-11(17)4-6-12(9)15(19-2)13-5-3-10(16)8-14(13)18/h3-8,15,19H,1-2H3.